The standard InChI is InChI=1S/C15H24N4O/c1-5-20-12-6-7-14-13(8-12)17-15(10-18(3)4)19(14)11(2)9-16/h6-8,11H,5,9-10,16H2,1-4H3. The zero-order valence-corrected chi connectivity index (χ0v) is 12.8. The zero-order chi connectivity index (χ0) is 14.7. The number of ether oxygens (including phenoxy) is 1. The van der Waals surface area contributed by atoms with Crippen molar-refractivity contribution in [3.63, 3.8) is 0 Å². The second-order valence-electron chi connectivity index (χ2n) is 5.30. The number of nitrogens with zero attached hydrogens (tertiary/aromatic N) is 3. The molecule has 0 fully saturated rings. The Kier molecular flexibility index (Phi) is 4.62. The van der Waals surface area contributed by atoms with Crippen molar-refractivity contribution in [1.82, 2.24) is 14.5 Å². The first kappa shape index (κ1) is 14.8. The van der Waals surface area contributed by atoms with Gasteiger partial charge in [-0.2, -0.15) is 0 Å². The number of rotatable bonds is 6. The van der Waals surface area contributed by atoms with E-state index in [2.05, 4.69) is 22.5 Å². The lowest BCUT2D eigenvalue weighted by Gasteiger charge is -2.17. The first-order valence-corrected chi connectivity index (χ1v) is 7.05. The Labute approximate surface area is 120 Å². The van der Waals surface area contributed by atoms with E-state index in [1.165, 1.54) is 0 Å². The van der Waals surface area contributed by atoms with Crippen molar-refractivity contribution >= 4 is 11.0 Å². The van der Waals surface area contributed by atoms with Gasteiger partial charge in [0.25, 0.3) is 0 Å². The summed E-state index contributed by atoms with van der Waals surface area (Å²) in [5, 5.41) is 0. The summed E-state index contributed by atoms with van der Waals surface area (Å²) in [6.07, 6.45) is 0. The summed E-state index contributed by atoms with van der Waals surface area (Å²) in [5.74, 6) is 1.90. The van der Waals surface area contributed by atoms with Gasteiger partial charge in [0.1, 0.15) is 11.6 Å². The third kappa shape index (κ3) is 2.94. The highest BCUT2D eigenvalue weighted by atomic mass is 16.5. The maximum Gasteiger partial charge on any atom is 0.124 e. The Bertz CT molecular complexity index is 577. The van der Waals surface area contributed by atoms with Crippen LogP contribution in [0.15, 0.2) is 18.2 Å². The number of nitrogens with two attached hydrogens (primary N) is 1. The first-order chi connectivity index (χ1) is 9.56. The van der Waals surface area contributed by atoms with Crippen molar-refractivity contribution in [3.8, 4) is 5.75 Å². The Morgan fingerprint density at radius 1 is 1.40 bits per heavy atom. The molecule has 0 radical (unpaired) electrons. The Balaban J connectivity index is 2.52. The fourth-order valence-electron chi connectivity index (χ4n) is 2.38. The van der Waals surface area contributed by atoms with Crippen LogP contribution in [0.2, 0.25) is 0 Å². The molecule has 2 rings (SSSR count). The maximum absolute atomic E-state index is 5.84. The van der Waals surface area contributed by atoms with Crippen molar-refractivity contribution in [3.05, 3.63) is 24.0 Å². The number of benzene rings is 1. The quantitative estimate of drug-likeness (QED) is 0.877. The predicted molar refractivity (Wildman–Crippen MR) is 82.1 cm³/mol. The second-order valence-corrected chi connectivity index (χ2v) is 5.30. The van der Waals surface area contributed by atoms with Crippen LogP contribution in [0.4, 0.5) is 0 Å². The van der Waals surface area contributed by atoms with Gasteiger partial charge in [-0.05, 0) is 40.1 Å². The van der Waals surface area contributed by atoms with Crippen LogP contribution in [0.5, 0.6) is 5.75 Å². The lowest BCUT2D eigenvalue weighted by Crippen LogP contribution is -2.21. The molecule has 0 amide bonds. The molecule has 1 aromatic carbocycles. The van der Waals surface area contributed by atoms with Gasteiger partial charge in [-0.1, -0.05) is 0 Å². The largest absolute Gasteiger partial charge is 0.494 e. The van der Waals surface area contributed by atoms with Crippen molar-refractivity contribution < 1.29 is 4.74 Å². The van der Waals surface area contributed by atoms with E-state index in [9.17, 15) is 0 Å². The van der Waals surface area contributed by atoms with Gasteiger partial charge in [0.15, 0.2) is 0 Å². The molecule has 2 aromatic rings. The molecule has 0 bridgehead atoms. The molecule has 5 nitrogen and oxygen atoms in total. The molecule has 1 unspecified atom stereocenters. The number of hydrogen-bond acceptors (Lipinski definition) is 4. The highest BCUT2D eigenvalue weighted by Gasteiger charge is 2.16. The van der Waals surface area contributed by atoms with Crippen LogP contribution in [-0.2, 0) is 6.54 Å². The van der Waals surface area contributed by atoms with Gasteiger partial charge in [-0.25, -0.2) is 4.98 Å². The predicted octanol–water partition coefficient (Wildman–Crippen LogP) is 2.02. The highest BCUT2D eigenvalue weighted by molar-refractivity contribution is 5.78. The van der Waals surface area contributed by atoms with Crippen molar-refractivity contribution in [1.29, 1.82) is 0 Å². The van der Waals surface area contributed by atoms with Gasteiger partial charge in [-0.3, -0.25) is 0 Å². The Morgan fingerprint density at radius 2 is 2.15 bits per heavy atom. The van der Waals surface area contributed by atoms with E-state index in [0.29, 0.717) is 13.2 Å². The monoisotopic (exact) mass is 276 g/mol. The molecular formula is C15H24N4O. The van der Waals surface area contributed by atoms with Gasteiger partial charge in [0.2, 0.25) is 0 Å². The highest BCUT2D eigenvalue weighted by Crippen LogP contribution is 2.25. The fraction of sp³-hybridized carbons (Fsp3) is 0.533. The molecule has 110 valence electrons. The van der Waals surface area contributed by atoms with Gasteiger partial charge < -0.3 is 19.9 Å². The van der Waals surface area contributed by atoms with Crippen molar-refractivity contribution in [2.75, 3.05) is 27.2 Å². The summed E-state index contributed by atoms with van der Waals surface area (Å²) < 4.78 is 7.77. The van der Waals surface area contributed by atoms with Crippen LogP contribution in [0.1, 0.15) is 25.7 Å². The van der Waals surface area contributed by atoms with E-state index >= 15 is 0 Å². The van der Waals surface area contributed by atoms with Crippen molar-refractivity contribution in [2.45, 2.75) is 26.4 Å². The molecule has 0 aliphatic carbocycles. The third-order valence-corrected chi connectivity index (χ3v) is 3.28. The molecule has 0 spiro atoms. The van der Waals surface area contributed by atoms with E-state index < -0.39 is 0 Å². The summed E-state index contributed by atoms with van der Waals surface area (Å²) in [5.41, 5.74) is 7.92. The van der Waals surface area contributed by atoms with Gasteiger partial charge >= 0.3 is 0 Å². The molecule has 1 heterocycles. The average Bonchev–Trinajstić information content (AvgIpc) is 2.74. The van der Waals surface area contributed by atoms with E-state index in [4.69, 9.17) is 15.5 Å². The average molecular weight is 276 g/mol. The number of aromatic nitrogens is 2. The van der Waals surface area contributed by atoms with Gasteiger partial charge in [0, 0.05) is 18.7 Å². The zero-order valence-electron chi connectivity index (χ0n) is 12.8. The van der Waals surface area contributed by atoms with Crippen LogP contribution in [0.25, 0.3) is 11.0 Å². The number of imidazole rings is 1. The molecule has 0 aliphatic rings. The van der Waals surface area contributed by atoms with Crippen LogP contribution in [-0.4, -0.2) is 41.7 Å². The first-order valence-electron chi connectivity index (χ1n) is 7.05. The molecule has 0 saturated carbocycles. The maximum atomic E-state index is 5.84. The van der Waals surface area contributed by atoms with E-state index in [1.54, 1.807) is 0 Å². The number of hydrogen-bond donors (Lipinski definition) is 1. The summed E-state index contributed by atoms with van der Waals surface area (Å²) in [6.45, 7) is 6.16. The molecule has 2 N–H and O–H groups in total. The minimum atomic E-state index is 0.230. The second kappa shape index (κ2) is 6.24. The summed E-state index contributed by atoms with van der Waals surface area (Å²) in [7, 11) is 4.09. The van der Waals surface area contributed by atoms with Crippen LogP contribution < -0.4 is 10.5 Å². The fourth-order valence-corrected chi connectivity index (χ4v) is 2.38. The van der Waals surface area contributed by atoms with Crippen LogP contribution >= 0.6 is 0 Å². The van der Waals surface area contributed by atoms with E-state index in [-0.39, 0.29) is 6.04 Å². The molecule has 0 aliphatic heterocycles. The van der Waals surface area contributed by atoms with E-state index in [0.717, 1.165) is 29.2 Å². The topological polar surface area (TPSA) is 56.3 Å². The summed E-state index contributed by atoms with van der Waals surface area (Å²) >= 11 is 0. The SMILES string of the molecule is CCOc1ccc2c(c1)nc(CN(C)C)n2C(C)CN. The molecule has 5 heteroatoms. The summed E-state index contributed by atoms with van der Waals surface area (Å²) in [4.78, 5) is 6.87. The molecule has 1 aromatic heterocycles. The molecule has 1 atom stereocenters. The van der Waals surface area contributed by atoms with Crippen LogP contribution in [0, 0.1) is 0 Å². The number of fused-ring (bicyclic) bond motifs is 1. The molecule has 0 saturated heterocycles. The summed E-state index contributed by atoms with van der Waals surface area (Å²) in [6, 6.07) is 6.29. The lowest BCUT2D eigenvalue weighted by atomic mass is 10.2. The lowest BCUT2D eigenvalue weighted by molar-refractivity contribution is 0.340. The van der Waals surface area contributed by atoms with Crippen LogP contribution in [0.3, 0.4) is 0 Å². The third-order valence-electron chi connectivity index (χ3n) is 3.28. The Morgan fingerprint density at radius 3 is 2.75 bits per heavy atom. The molecule has 20 heavy (non-hydrogen) atoms. The Hall–Kier alpha value is -1.59. The minimum Gasteiger partial charge on any atom is -0.494 e. The van der Waals surface area contributed by atoms with Gasteiger partial charge in [0.05, 0.1) is 24.2 Å². The van der Waals surface area contributed by atoms with E-state index in [1.807, 2.05) is 33.2 Å². The normalized spacial score (nSPS) is 13.1. The van der Waals surface area contributed by atoms with Crippen molar-refractivity contribution in [2.24, 2.45) is 5.73 Å². The minimum absolute atomic E-state index is 0.230. The smallest absolute Gasteiger partial charge is 0.124 e. The van der Waals surface area contributed by atoms with Gasteiger partial charge in [-0.15, -0.1) is 0 Å². The molecular weight excluding hydrogens is 252 g/mol.